The van der Waals surface area contributed by atoms with E-state index in [4.69, 9.17) is 11.6 Å². The Morgan fingerprint density at radius 1 is 1.14 bits per heavy atom. The molecule has 0 aliphatic carbocycles. The molecule has 0 unspecified atom stereocenters. The molecule has 2 nitrogen and oxygen atoms in total. The van der Waals surface area contributed by atoms with Crippen molar-refractivity contribution >= 4 is 45.8 Å². The van der Waals surface area contributed by atoms with Crippen molar-refractivity contribution in [3.63, 3.8) is 0 Å². The first-order valence-electron chi connectivity index (χ1n) is 5.81. The molecule has 0 aromatic heterocycles. The first-order valence-corrected chi connectivity index (χ1v) is 7.27. The van der Waals surface area contributed by atoms with Gasteiger partial charge in [0.1, 0.15) is 5.82 Å². The van der Waals surface area contributed by atoms with E-state index in [1.54, 1.807) is 22.6 Å². The lowest BCUT2D eigenvalue weighted by molar-refractivity contribution is -0.137. The summed E-state index contributed by atoms with van der Waals surface area (Å²) in [5.74, 6) is -1.34. The van der Waals surface area contributed by atoms with Crippen molar-refractivity contribution in [3.8, 4) is 0 Å². The van der Waals surface area contributed by atoms with Gasteiger partial charge in [0.05, 0.1) is 21.8 Å². The molecular formula is C14H7ClF4INO. The minimum absolute atomic E-state index is 0.000756. The van der Waals surface area contributed by atoms with Gasteiger partial charge in [-0.15, -0.1) is 0 Å². The minimum atomic E-state index is -4.52. The van der Waals surface area contributed by atoms with E-state index in [1.807, 2.05) is 0 Å². The Balaban J connectivity index is 2.32. The molecule has 8 heteroatoms. The van der Waals surface area contributed by atoms with Crippen molar-refractivity contribution in [1.82, 2.24) is 0 Å². The van der Waals surface area contributed by atoms with Crippen molar-refractivity contribution in [2.75, 3.05) is 5.32 Å². The fraction of sp³-hybridized carbons (Fsp3) is 0.0714. The molecule has 2 aromatic carbocycles. The number of rotatable bonds is 2. The summed E-state index contributed by atoms with van der Waals surface area (Å²) in [4.78, 5) is 12.1. The van der Waals surface area contributed by atoms with Crippen LogP contribution in [0.2, 0.25) is 5.02 Å². The molecular weight excluding hydrogens is 437 g/mol. The number of amides is 1. The molecule has 116 valence electrons. The number of carbonyl (C=O) groups excluding carboxylic acids is 1. The molecule has 22 heavy (non-hydrogen) atoms. The number of nitrogens with one attached hydrogen (secondary N) is 1. The topological polar surface area (TPSA) is 29.1 Å². The van der Waals surface area contributed by atoms with Gasteiger partial charge in [0.15, 0.2) is 0 Å². The van der Waals surface area contributed by atoms with Gasteiger partial charge in [0.25, 0.3) is 5.91 Å². The van der Waals surface area contributed by atoms with Crippen LogP contribution in [0.25, 0.3) is 0 Å². The van der Waals surface area contributed by atoms with Crippen LogP contribution in [0, 0.1) is 9.39 Å². The molecule has 0 saturated carbocycles. The van der Waals surface area contributed by atoms with Gasteiger partial charge < -0.3 is 5.32 Å². The zero-order valence-electron chi connectivity index (χ0n) is 10.6. The van der Waals surface area contributed by atoms with E-state index in [2.05, 4.69) is 5.32 Å². The Bertz CT molecular complexity index is 733. The number of hydrogen-bond acceptors (Lipinski definition) is 1. The third-order valence-corrected chi connectivity index (χ3v) is 3.97. The van der Waals surface area contributed by atoms with Gasteiger partial charge in [0, 0.05) is 3.57 Å². The minimum Gasteiger partial charge on any atom is -0.321 e. The molecule has 0 aliphatic rings. The first kappa shape index (κ1) is 17.0. The summed E-state index contributed by atoms with van der Waals surface area (Å²) in [6, 6.07) is 6.14. The van der Waals surface area contributed by atoms with Gasteiger partial charge in [-0.2, -0.15) is 13.2 Å². The zero-order chi connectivity index (χ0) is 16.5. The van der Waals surface area contributed by atoms with Crippen LogP contribution in [0.3, 0.4) is 0 Å². The molecule has 0 radical (unpaired) electrons. The smallest absolute Gasteiger partial charge is 0.321 e. The molecule has 0 bridgehead atoms. The van der Waals surface area contributed by atoms with Gasteiger partial charge in [-0.05, 0) is 59.0 Å². The van der Waals surface area contributed by atoms with Gasteiger partial charge in [0.2, 0.25) is 0 Å². The largest absolute Gasteiger partial charge is 0.416 e. The summed E-state index contributed by atoms with van der Waals surface area (Å²) in [5.41, 5.74) is -0.912. The Morgan fingerprint density at radius 2 is 1.82 bits per heavy atom. The van der Waals surface area contributed by atoms with Crippen molar-refractivity contribution in [3.05, 3.63) is 61.9 Å². The van der Waals surface area contributed by atoms with E-state index in [0.29, 0.717) is 3.57 Å². The summed E-state index contributed by atoms with van der Waals surface area (Å²) < 4.78 is 51.4. The number of benzene rings is 2. The highest BCUT2D eigenvalue weighted by atomic mass is 127. The monoisotopic (exact) mass is 443 g/mol. The maximum absolute atomic E-state index is 12.9. The van der Waals surface area contributed by atoms with E-state index in [0.717, 1.165) is 30.3 Å². The van der Waals surface area contributed by atoms with Crippen LogP contribution in [0.15, 0.2) is 36.4 Å². The molecule has 0 heterocycles. The van der Waals surface area contributed by atoms with Gasteiger partial charge in [-0.3, -0.25) is 4.79 Å². The molecule has 1 N–H and O–H groups in total. The van der Waals surface area contributed by atoms with E-state index in [-0.39, 0.29) is 16.3 Å². The first-order chi connectivity index (χ1) is 10.2. The van der Waals surface area contributed by atoms with Gasteiger partial charge >= 0.3 is 6.18 Å². The second kappa shape index (κ2) is 6.41. The Morgan fingerprint density at radius 3 is 2.41 bits per heavy atom. The maximum atomic E-state index is 12.9. The molecule has 1 amide bonds. The van der Waals surface area contributed by atoms with Crippen molar-refractivity contribution < 1.29 is 22.4 Å². The highest BCUT2D eigenvalue weighted by Gasteiger charge is 2.31. The summed E-state index contributed by atoms with van der Waals surface area (Å²) in [6.07, 6.45) is -4.52. The molecule has 0 spiro atoms. The highest BCUT2D eigenvalue weighted by molar-refractivity contribution is 14.1. The van der Waals surface area contributed by atoms with Gasteiger partial charge in [-0.25, -0.2) is 4.39 Å². The molecule has 0 aliphatic heterocycles. The lowest BCUT2D eigenvalue weighted by Gasteiger charge is -2.12. The lowest BCUT2D eigenvalue weighted by atomic mass is 10.1. The number of carbonyl (C=O) groups is 1. The highest BCUT2D eigenvalue weighted by Crippen LogP contribution is 2.33. The van der Waals surface area contributed by atoms with E-state index >= 15 is 0 Å². The van der Waals surface area contributed by atoms with E-state index in [1.165, 1.54) is 6.07 Å². The van der Waals surface area contributed by atoms with Crippen LogP contribution in [-0.4, -0.2) is 5.91 Å². The Kier molecular flexibility index (Phi) is 4.96. The molecule has 2 aromatic rings. The summed E-state index contributed by atoms with van der Waals surface area (Å²) >= 11 is 7.55. The third-order valence-electron chi connectivity index (χ3n) is 2.72. The number of halogens is 6. The summed E-state index contributed by atoms with van der Waals surface area (Å²) in [7, 11) is 0. The fourth-order valence-corrected chi connectivity index (χ4v) is 2.38. The number of hydrogen-bond donors (Lipinski definition) is 1. The quantitative estimate of drug-likeness (QED) is 0.492. The predicted molar refractivity (Wildman–Crippen MR) is 83.5 cm³/mol. The Labute approximate surface area is 141 Å². The standard InChI is InChI=1S/C14H7ClF4INO/c15-10-6-8(16)2-3-9(10)13(22)21-12-5-7(14(17,18)19)1-4-11(12)20/h1-6H,(H,21,22). The molecule has 2 rings (SSSR count). The molecule has 0 saturated heterocycles. The molecule has 0 fully saturated rings. The van der Waals surface area contributed by atoms with Gasteiger partial charge in [-0.1, -0.05) is 11.6 Å². The van der Waals surface area contributed by atoms with Crippen molar-refractivity contribution in [2.45, 2.75) is 6.18 Å². The Hall–Kier alpha value is -1.35. The van der Waals surface area contributed by atoms with Crippen LogP contribution in [0.5, 0.6) is 0 Å². The number of anilines is 1. The average molecular weight is 444 g/mol. The van der Waals surface area contributed by atoms with Crippen LogP contribution < -0.4 is 5.32 Å². The fourth-order valence-electron chi connectivity index (χ4n) is 1.66. The van der Waals surface area contributed by atoms with Crippen LogP contribution in [0.4, 0.5) is 23.2 Å². The van der Waals surface area contributed by atoms with E-state index < -0.39 is 23.5 Å². The third kappa shape index (κ3) is 3.89. The average Bonchev–Trinajstić information content (AvgIpc) is 2.39. The normalized spacial score (nSPS) is 11.4. The van der Waals surface area contributed by atoms with Crippen molar-refractivity contribution in [1.29, 1.82) is 0 Å². The molecule has 0 atom stereocenters. The predicted octanol–water partition coefficient (Wildman–Crippen LogP) is 5.35. The maximum Gasteiger partial charge on any atom is 0.416 e. The SMILES string of the molecule is O=C(Nc1cc(C(F)(F)F)ccc1I)c1ccc(F)cc1Cl. The van der Waals surface area contributed by atoms with Crippen LogP contribution in [-0.2, 0) is 6.18 Å². The zero-order valence-corrected chi connectivity index (χ0v) is 13.6. The summed E-state index contributed by atoms with van der Waals surface area (Å²) in [5, 5.41) is 2.22. The van der Waals surface area contributed by atoms with Crippen molar-refractivity contribution in [2.24, 2.45) is 0 Å². The summed E-state index contributed by atoms with van der Waals surface area (Å²) in [6.45, 7) is 0. The second-order valence-corrected chi connectivity index (χ2v) is 5.84. The van der Waals surface area contributed by atoms with Crippen LogP contribution >= 0.6 is 34.2 Å². The van der Waals surface area contributed by atoms with E-state index in [9.17, 15) is 22.4 Å². The second-order valence-electron chi connectivity index (χ2n) is 4.27. The lowest BCUT2D eigenvalue weighted by Crippen LogP contribution is -2.15. The van der Waals surface area contributed by atoms with Crippen LogP contribution in [0.1, 0.15) is 15.9 Å². The number of alkyl halides is 3.